The van der Waals surface area contributed by atoms with E-state index in [4.69, 9.17) is 0 Å². The summed E-state index contributed by atoms with van der Waals surface area (Å²) in [5.74, 6) is 0. The molecule has 2 aromatic carbocycles. The van der Waals surface area contributed by atoms with Crippen LogP contribution in [0.15, 0.2) is 58.8 Å². The van der Waals surface area contributed by atoms with Gasteiger partial charge in [0, 0.05) is 12.0 Å². The highest BCUT2D eigenvalue weighted by atomic mass is 16.3. The number of hydrogen-bond donors (Lipinski definition) is 1. The van der Waals surface area contributed by atoms with E-state index in [1.807, 2.05) is 56.3 Å². The minimum Gasteiger partial charge on any atom is -0.386 e. The fraction of sp³-hybridized carbons (Fsp3) is 0.263. The standard InChI is InChI=1S/C19H20N2O/c1-13-7-4-5-10-16(13)20-21-17-12-19(3,22)11-15-9-6-8-14(2)18(15)17/h4-10,12,22H,11H2,1-3H3. The van der Waals surface area contributed by atoms with Gasteiger partial charge in [0.05, 0.1) is 17.0 Å². The molecule has 3 heteroatoms. The molecule has 0 amide bonds. The van der Waals surface area contributed by atoms with Gasteiger partial charge in [-0.05, 0) is 49.6 Å². The smallest absolute Gasteiger partial charge is 0.0923 e. The molecular weight excluding hydrogens is 272 g/mol. The number of aryl methyl sites for hydroxylation is 2. The molecule has 112 valence electrons. The van der Waals surface area contributed by atoms with Gasteiger partial charge in [0.15, 0.2) is 0 Å². The lowest BCUT2D eigenvalue weighted by Crippen LogP contribution is -2.28. The Hall–Kier alpha value is -2.26. The predicted molar refractivity (Wildman–Crippen MR) is 89.2 cm³/mol. The van der Waals surface area contributed by atoms with Crippen molar-refractivity contribution in [1.82, 2.24) is 0 Å². The fourth-order valence-electron chi connectivity index (χ4n) is 2.91. The molecule has 1 aliphatic rings. The molecule has 3 rings (SSSR count). The third-order valence-corrected chi connectivity index (χ3v) is 3.99. The fourth-order valence-corrected chi connectivity index (χ4v) is 2.91. The van der Waals surface area contributed by atoms with E-state index in [0.717, 1.165) is 33.6 Å². The molecule has 0 radical (unpaired) electrons. The second-order valence-corrected chi connectivity index (χ2v) is 6.16. The summed E-state index contributed by atoms with van der Waals surface area (Å²) in [7, 11) is 0. The van der Waals surface area contributed by atoms with Crippen LogP contribution in [-0.2, 0) is 6.42 Å². The van der Waals surface area contributed by atoms with Crippen LogP contribution in [-0.4, -0.2) is 10.7 Å². The first kappa shape index (κ1) is 14.7. The second-order valence-electron chi connectivity index (χ2n) is 6.16. The normalized spacial score (nSPS) is 20.8. The number of rotatable bonds is 2. The van der Waals surface area contributed by atoms with Gasteiger partial charge in [-0.1, -0.05) is 36.4 Å². The summed E-state index contributed by atoms with van der Waals surface area (Å²) in [6.07, 6.45) is 2.41. The van der Waals surface area contributed by atoms with Crippen LogP contribution in [0, 0.1) is 13.8 Å². The predicted octanol–water partition coefficient (Wildman–Crippen LogP) is 4.74. The Labute approximate surface area is 131 Å². The van der Waals surface area contributed by atoms with Gasteiger partial charge < -0.3 is 5.11 Å². The number of azo groups is 1. The van der Waals surface area contributed by atoms with Crippen molar-refractivity contribution >= 4 is 11.4 Å². The summed E-state index contributed by atoms with van der Waals surface area (Å²) in [4.78, 5) is 0. The van der Waals surface area contributed by atoms with Gasteiger partial charge in [-0.3, -0.25) is 0 Å². The van der Waals surface area contributed by atoms with Crippen molar-refractivity contribution < 1.29 is 5.11 Å². The monoisotopic (exact) mass is 292 g/mol. The number of nitrogens with zero attached hydrogens (tertiary/aromatic N) is 2. The van der Waals surface area contributed by atoms with Crippen molar-refractivity contribution in [2.45, 2.75) is 32.8 Å². The van der Waals surface area contributed by atoms with Gasteiger partial charge in [0.25, 0.3) is 0 Å². The average Bonchev–Trinajstić information content (AvgIpc) is 2.45. The van der Waals surface area contributed by atoms with Crippen LogP contribution in [0.5, 0.6) is 0 Å². The van der Waals surface area contributed by atoms with Crippen molar-refractivity contribution in [3.05, 3.63) is 70.8 Å². The van der Waals surface area contributed by atoms with Crippen molar-refractivity contribution in [2.24, 2.45) is 10.2 Å². The van der Waals surface area contributed by atoms with E-state index in [2.05, 4.69) is 23.2 Å². The zero-order valence-corrected chi connectivity index (χ0v) is 13.2. The van der Waals surface area contributed by atoms with Crippen molar-refractivity contribution in [1.29, 1.82) is 0 Å². The second kappa shape index (κ2) is 5.50. The summed E-state index contributed by atoms with van der Waals surface area (Å²) in [6.45, 7) is 5.89. The Morgan fingerprint density at radius 1 is 0.955 bits per heavy atom. The molecule has 1 atom stereocenters. The Balaban J connectivity index is 2.06. The molecule has 0 aromatic heterocycles. The molecule has 0 spiro atoms. The molecule has 0 saturated carbocycles. The Bertz CT molecular complexity index is 773. The number of hydrogen-bond acceptors (Lipinski definition) is 3. The summed E-state index contributed by atoms with van der Waals surface area (Å²) in [6, 6.07) is 14.0. The number of aliphatic hydroxyl groups is 1. The molecular formula is C19H20N2O. The lowest BCUT2D eigenvalue weighted by molar-refractivity contribution is 0.111. The third kappa shape index (κ3) is 2.85. The first-order chi connectivity index (χ1) is 10.5. The van der Waals surface area contributed by atoms with E-state index in [1.165, 1.54) is 0 Å². The summed E-state index contributed by atoms with van der Waals surface area (Å²) < 4.78 is 0. The first-order valence-corrected chi connectivity index (χ1v) is 7.48. The van der Waals surface area contributed by atoms with Crippen LogP contribution in [0.25, 0.3) is 5.70 Å². The van der Waals surface area contributed by atoms with Gasteiger partial charge in [0.2, 0.25) is 0 Å². The molecule has 3 nitrogen and oxygen atoms in total. The zero-order valence-electron chi connectivity index (χ0n) is 13.2. The Morgan fingerprint density at radius 2 is 1.68 bits per heavy atom. The zero-order chi connectivity index (χ0) is 15.7. The molecule has 0 fully saturated rings. The first-order valence-electron chi connectivity index (χ1n) is 7.48. The summed E-state index contributed by atoms with van der Waals surface area (Å²) in [5, 5.41) is 19.3. The highest BCUT2D eigenvalue weighted by molar-refractivity contribution is 5.73. The molecule has 0 saturated heterocycles. The van der Waals surface area contributed by atoms with Crippen molar-refractivity contribution in [3.8, 4) is 0 Å². The van der Waals surface area contributed by atoms with Crippen LogP contribution >= 0.6 is 0 Å². The van der Waals surface area contributed by atoms with Crippen LogP contribution < -0.4 is 0 Å². The van der Waals surface area contributed by atoms with E-state index in [9.17, 15) is 5.11 Å². The maximum absolute atomic E-state index is 10.5. The average molecular weight is 292 g/mol. The number of fused-ring (bicyclic) bond motifs is 1. The van der Waals surface area contributed by atoms with E-state index in [1.54, 1.807) is 0 Å². The maximum atomic E-state index is 10.5. The molecule has 0 aliphatic heterocycles. The van der Waals surface area contributed by atoms with Crippen LogP contribution in [0.1, 0.15) is 29.2 Å². The topological polar surface area (TPSA) is 45.0 Å². The molecule has 1 unspecified atom stereocenters. The molecule has 22 heavy (non-hydrogen) atoms. The molecule has 1 N–H and O–H groups in total. The molecule has 0 heterocycles. The van der Waals surface area contributed by atoms with Crippen molar-refractivity contribution in [3.63, 3.8) is 0 Å². The minimum absolute atomic E-state index is 0.605. The summed E-state index contributed by atoms with van der Waals surface area (Å²) in [5.41, 5.74) is 5.15. The van der Waals surface area contributed by atoms with Gasteiger partial charge in [0.1, 0.15) is 0 Å². The van der Waals surface area contributed by atoms with Crippen LogP contribution in [0.2, 0.25) is 0 Å². The SMILES string of the molecule is Cc1ccccc1N=NC1=CC(C)(O)Cc2cccc(C)c21. The largest absolute Gasteiger partial charge is 0.386 e. The Morgan fingerprint density at radius 3 is 2.45 bits per heavy atom. The third-order valence-electron chi connectivity index (χ3n) is 3.99. The highest BCUT2D eigenvalue weighted by Crippen LogP contribution is 2.35. The van der Waals surface area contributed by atoms with Crippen LogP contribution in [0.4, 0.5) is 5.69 Å². The van der Waals surface area contributed by atoms with Gasteiger partial charge >= 0.3 is 0 Å². The molecule has 1 aliphatic carbocycles. The van der Waals surface area contributed by atoms with E-state index < -0.39 is 5.60 Å². The van der Waals surface area contributed by atoms with E-state index in [-0.39, 0.29) is 0 Å². The lowest BCUT2D eigenvalue weighted by Gasteiger charge is -2.27. The number of benzene rings is 2. The Kier molecular flexibility index (Phi) is 3.67. The van der Waals surface area contributed by atoms with E-state index in [0.29, 0.717) is 6.42 Å². The quantitative estimate of drug-likeness (QED) is 0.799. The van der Waals surface area contributed by atoms with Crippen molar-refractivity contribution in [2.75, 3.05) is 0 Å². The van der Waals surface area contributed by atoms with Gasteiger partial charge in [-0.2, -0.15) is 10.2 Å². The summed E-state index contributed by atoms with van der Waals surface area (Å²) >= 11 is 0. The highest BCUT2D eigenvalue weighted by Gasteiger charge is 2.28. The van der Waals surface area contributed by atoms with Gasteiger partial charge in [-0.25, -0.2) is 0 Å². The lowest BCUT2D eigenvalue weighted by atomic mass is 9.84. The molecule has 2 aromatic rings. The van der Waals surface area contributed by atoms with Crippen LogP contribution in [0.3, 0.4) is 0 Å². The van der Waals surface area contributed by atoms with Gasteiger partial charge in [-0.15, -0.1) is 0 Å². The van der Waals surface area contributed by atoms with E-state index >= 15 is 0 Å². The maximum Gasteiger partial charge on any atom is 0.0923 e. The molecule has 0 bridgehead atoms. The minimum atomic E-state index is -0.888.